The summed E-state index contributed by atoms with van der Waals surface area (Å²) in [5, 5.41) is 0. The first kappa shape index (κ1) is 15.5. The first-order valence-electron chi connectivity index (χ1n) is 6.73. The van der Waals surface area contributed by atoms with E-state index < -0.39 is 29.4 Å². The number of rotatable bonds is 3. The third-order valence-corrected chi connectivity index (χ3v) is 3.55. The van der Waals surface area contributed by atoms with Crippen molar-refractivity contribution in [3.8, 4) is 0 Å². The number of benzene rings is 1. The van der Waals surface area contributed by atoms with E-state index in [9.17, 15) is 22.8 Å². The van der Waals surface area contributed by atoms with Crippen molar-refractivity contribution < 1.29 is 27.5 Å². The van der Waals surface area contributed by atoms with Crippen LogP contribution in [0.2, 0.25) is 0 Å². The molecule has 2 rings (SSSR count). The Morgan fingerprint density at radius 1 is 1.38 bits per heavy atom. The van der Waals surface area contributed by atoms with Gasteiger partial charge in [0.15, 0.2) is 5.78 Å². The number of fused-ring (bicyclic) bond motifs is 1. The molecule has 0 heterocycles. The third kappa shape index (κ3) is 3.43. The van der Waals surface area contributed by atoms with Gasteiger partial charge in [0.05, 0.1) is 18.6 Å². The molecule has 1 unspecified atom stereocenters. The molecule has 0 N–H and O–H groups in total. The highest BCUT2D eigenvalue weighted by Crippen LogP contribution is 2.34. The average Bonchev–Trinajstić information content (AvgIpc) is 2.41. The minimum absolute atomic E-state index is 0.0744. The smallest absolute Gasteiger partial charge is 0.416 e. The van der Waals surface area contributed by atoms with Crippen LogP contribution in [0.1, 0.15) is 41.3 Å². The van der Waals surface area contributed by atoms with Crippen LogP contribution in [0.4, 0.5) is 13.2 Å². The minimum Gasteiger partial charge on any atom is -0.466 e. The van der Waals surface area contributed by atoms with E-state index in [0.717, 1.165) is 12.1 Å². The molecule has 1 atom stereocenters. The third-order valence-electron chi connectivity index (χ3n) is 3.55. The fourth-order valence-electron chi connectivity index (χ4n) is 2.50. The number of ether oxygens (including phenoxy) is 1. The number of esters is 1. The number of hydrogen-bond acceptors (Lipinski definition) is 3. The monoisotopic (exact) mass is 300 g/mol. The SMILES string of the molecule is CCOC(=O)CC1CCc2ccc(C(F)(F)F)cc2C1=O. The maximum absolute atomic E-state index is 12.7. The normalized spacial score (nSPS) is 18.3. The van der Waals surface area contributed by atoms with Crippen LogP contribution in [0.5, 0.6) is 0 Å². The van der Waals surface area contributed by atoms with Gasteiger partial charge in [0.2, 0.25) is 0 Å². The Labute approximate surface area is 120 Å². The molecular formula is C15H15F3O3. The van der Waals surface area contributed by atoms with Crippen molar-refractivity contribution in [3.05, 3.63) is 34.9 Å². The number of ketones is 1. The Balaban J connectivity index is 2.23. The van der Waals surface area contributed by atoms with E-state index in [0.29, 0.717) is 18.4 Å². The van der Waals surface area contributed by atoms with E-state index >= 15 is 0 Å². The summed E-state index contributed by atoms with van der Waals surface area (Å²) in [4.78, 5) is 23.7. The number of carbonyl (C=O) groups excluding carboxylic acids is 2. The van der Waals surface area contributed by atoms with Gasteiger partial charge in [0.25, 0.3) is 0 Å². The van der Waals surface area contributed by atoms with E-state index in [-0.39, 0.29) is 18.6 Å². The molecule has 3 nitrogen and oxygen atoms in total. The molecule has 1 aliphatic carbocycles. The summed E-state index contributed by atoms with van der Waals surface area (Å²) >= 11 is 0. The Morgan fingerprint density at radius 3 is 2.71 bits per heavy atom. The lowest BCUT2D eigenvalue weighted by Crippen LogP contribution is -2.26. The maximum atomic E-state index is 12.7. The molecule has 0 aliphatic heterocycles. The summed E-state index contributed by atoms with van der Waals surface area (Å²) in [5.41, 5.74) is -0.162. The first-order chi connectivity index (χ1) is 9.82. The van der Waals surface area contributed by atoms with Crippen molar-refractivity contribution in [3.63, 3.8) is 0 Å². The first-order valence-corrected chi connectivity index (χ1v) is 6.73. The van der Waals surface area contributed by atoms with Crippen LogP contribution in [0, 0.1) is 5.92 Å². The molecule has 0 fully saturated rings. The van der Waals surface area contributed by atoms with Crippen LogP contribution in [0.15, 0.2) is 18.2 Å². The molecular weight excluding hydrogens is 285 g/mol. The average molecular weight is 300 g/mol. The molecule has 0 saturated carbocycles. The van der Waals surface area contributed by atoms with Crippen LogP contribution in [0.3, 0.4) is 0 Å². The predicted molar refractivity (Wildman–Crippen MR) is 68.8 cm³/mol. The molecule has 0 spiro atoms. The van der Waals surface area contributed by atoms with Crippen LogP contribution < -0.4 is 0 Å². The minimum atomic E-state index is -4.48. The van der Waals surface area contributed by atoms with Gasteiger partial charge in [-0.3, -0.25) is 9.59 Å². The topological polar surface area (TPSA) is 43.4 Å². The van der Waals surface area contributed by atoms with Gasteiger partial charge in [-0.2, -0.15) is 13.2 Å². The summed E-state index contributed by atoms with van der Waals surface area (Å²) in [5.74, 6) is -1.50. The molecule has 1 aromatic rings. The Morgan fingerprint density at radius 2 is 2.10 bits per heavy atom. The fraction of sp³-hybridized carbons (Fsp3) is 0.467. The van der Waals surface area contributed by atoms with E-state index in [1.807, 2.05) is 0 Å². The number of halogens is 3. The second-order valence-corrected chi connectivity index (χ2v) is 4.98. The molecule has 114 valence electrons. The summed E-state index contributed by atoms with van der Waals surface area (Å²) in [7, 11) is 0. The lowest BCUT2D eigenvalue weighted by Gasteiger charge is -2.23. The molecule has 1 aromatic carbocycles. The van der Waals surface area contributed by atoms with Gasteiger partial charge in [-0.1, -0.05) is 6.07 Å². The van der Waals surface area contributed by atoms with Crippen LogP contribution in [-0.4, -0.2) is 18.4 Å². The van der Waals surface area contributed by atoms with Crippen molar-refractivity contribution in [2.45, 2.75) is 32.4 Å². The van der Waals surface area contributed by atoms with Gasteiger partial charge in [-0.15, -0.1) is 0 Å². The fourth-order valence-corrected chi connectivity index (χ4v) is 2.50. The van der Waals surface area contributed by atoms with Gasteiger partial charge in [0, 0.05) is 11.5 Å². The molecule has 0 saturated heterocycles. The van der Waals surface area contributed by atoms with Gasteiger partial charge in [-0.25, -0.2) is 0 Å². The number of Topliss-reactive ketones (excluding diaryl/α,β-unsaturated/α-hetero) is 1. The molecule has 21 heavy (non-hydrogen) atoms. The van der Waals surface area contributed by atoms with Gasteiger partial charge in [0.1, 0.15) is 0 Å². The van der Waals surface area contributed by atoms with Gasteiger partial charge >= 0.3 is 12.1 Å². The van der Waals surface area contributed by atoms with Gasteiger partial charge < -0.3 is 4.74 Å². The lowest BCUT2D eigenvalue weighted by atomic mass is 9.80. The zero-order valence-electron chi connectivity index (χ0n) is 11.5. The van der Waals surface area contributed by atoms with E-state index in [1.165, 1.54) is 6.07 Å². The highest BCUT2D eigenvalue weighted by Gasteiger charge is 2.35. The van der Waals surface area contributed by atoms with Crippen molar-refractivity contribution in [2.75, 3.05) is 6.61 Å². The standard InChI is InChI=1S/C15H15F3O3/c1-2-21-13(19)7-10-4-3-9-5-6-11(15(16,17)18)8-12(9)14(10)20/h5-6,8,10H,2-4,7H2,1H3. The van der Waals surface area contributed by atoms with Crippen molar-refractivity contribution >= 4 is 11.8 Å². The lowest BCUT2D eigenvalue weighted by molar-refractivity contribution is -0.144. The second-order valence-electron chi connectivity index (χ2n) is 4.98. The number of alkyl halides is 3. The molecule has 6 heteroatoms. The molecule has 0 bridgehead atoms. The van der Waals surface area contributed by atoms with Crippen molar-refractivity contribution in [1.82, 2.24) is 0 Å². The van der Waals surface area contributed by atoms with Gasteiger partial charge in [-0.05, 0) is 37.5 Å². The van der Waals surface area contributed by atoms with E-state index in [4.69, 9.17) is 4.74 Å². The predicted octanol–water partition coefficient (Wildman–Crippen LogP) is 3.40. The van der Waals surface area contributed by atoms with Crippen molar-refractivity contribution in [1.29, 1.82) is 0 Å². The molecule has 0 radical (unpaired) electrons. The second kappa shape index (κ2) is 5.87. The van der Waals surface area contributed by atoms with Crippen LogP contribution in [-0.2, 0) is 22.1 Å². The molecule has 0 amide bonds. The number of aryl methyl sites for hydroxylation is 1. The summed E-state index contributed by atoms with van der Waals surface area (Å²) in [6.07, 6.45) is -3.62. The van der Waals surface area contributed by atoms with E-state index in [1.54, 1.807) is 6.92 Å². The zero-order valence-corrected chi connectivity index (χ0v) is 11.5. The zero-order chi connectivity index (χ0) is 15.6. The Bertz CT molecular complexity index is 564. The van der Waals surface area contributed by atoms with Crippen LogP contribution in [0.25, 0.3) is 0 Å². The number of carbonyl (C=O) groups is 2. The highest BCUT2D eigenvalue weighted by molar-refractivity contribution is 6.01. The largest absolute Gasteiger partial charge is 0.466 e. The molecule has 1 aliphatic rings. The summed E-state index contributed by atoms with van der Waals surface area (Å²) in [6.45, 7) is 1.88. The van der Waals surface area contributed by atoms with Crippen LogP contribution >= 0.6 is 0 Å². The Hall–Kier alpha value is -1.85. The molecule has 0 aromatic heterocycles. The quantitative estimate of drug-likeness (QED) is 0.804. The van der Waals surface area contributed by atoms with Crippen molar-refractivity contribution in [2.24, 2.45) is 5.92 Å². The summed E-state index contributed by atoms with van der Waals surface area (Å²) < 4.78 is 42.9. The number of hydrogen-bond donors (Lipinski definition) is 0. The van der Waals surface area contributed by atoms with E-state index in [2.05, 4.69) is 0 Å². The maximum Gasteiger partial charge on any atom is 0.416 e. The summed E-state index contributed by atoms with van der Waals surface area (Å²) in [6, 6.07) is 3.21. The highest BCUT2D eigenvalue weighted by atomic mass is 19.4. The Kier molecular flexibility index (Phi) is 4.34.